The minimum absolute atomic E-state index is 0.111. The number of nitrogens with one attached hydrogen (secondary N) is 1. The highest BCUT2D eigenvalue weighted by molar-refractivity contribution is 6.91. The van der Waals surface area contributed by atoms with Crippen molar-refractivity contribution in [1.29, 1.82) is 0 Å². The fraction of sp³-hybridized carbons (Fsp3) is 0.597. The van der Waals surface area contributed by atoms with Crippen LogP contribution in [0.3, 0.4) is 0 Å². The molecule has 1 N–H and O–H groups in total. The number of hydrogen-bond donors (Lipinski definition) is 1. The molecule has 0 aromatic heterocycles. The number of hydrogen-bond acceptors (Lipinski definition) is 1. The first-order chi connectivity index (χ1) is 38.9. The van der Waals surface area contributed by atoms with E-state index in [1.807, 2.05) is 18.2 Å². The summed E-state index contributed by atoms with van der Waals surface area (Å²) in [5.74, 6) is 33.4. The third kappa shape index (κ3) is 25.1. The minimum atomic E-state index is -1.92. The van der Waals surface area contributed by atoms with E-state index in [1.165, 1.54) is 127 Å². The summed E-state index contributed by atoms with van der Waals surface area (Å²) >= 11 is 0. The molecule has 0 aliphatic rings. The van der Waals surface area contributed by atoms with Crippen LogP contribution in [0.5, 0.6) is 0 Å². The first-order valence-electron chi connectivity index (χ1n) is 32.7. The molecule has 0 aliphatic heterocycles. The van der Waals surface area contributed by atoms with E-state index >= 15 is 0 Å². The van der Waals surface area contributed by atoms with Crippen molar-refractivity contribution in [2.75, 3.05) is 6.54 Å². The Morgan fingerprint density at radius 1 is 0.346 bits per heavy atom. The molecule has 3 aromatic carbocycles. The van der Waals surface area contributed by atoms with Crippen molar-refractivity contribution in [3.05, 3.63) is 105 Å². The third-order valence-electron chi connectivity index (χ3n) is 17.2. The number of carbonyl (C=O) groups excluding carboxylic acids is 1. The molecule has 0 fully saturated rings. The number of aryl methyl sites for hydroxylation is 2. The molecule has 0 saturated heterocycles. The monoisotopic (exact) mass is 1120 g/mol. The van der Waals surface area contributed by atoms with E-state index in [0.29, 0.717) is 56.5 Å². The SMILES string of the molecule is CCCCCCCCCCCCNC(=O)c1cc(C#CC#Cc2cc(C#C[Si](C(C)C)(C(C)C)C(C)C)cc(CCCCCCCC)c2)cc(C#CC#Cc2cc(C#C[Si](C(C)C)(C(C)C)C(C)C)cc(CCCCCCCC)c2)c1. The molecule has 0 heterocycles. The van der Waals surface area contributed by atoms with Gasteiger partial charge < -0.3 is 5.32 Å². The van der Waals surface area contributed by atoms with Gasteiger partial charge in [-0.05, 0) is 155 Å². The second kappa shape index (κ2) is 39.4. The molecule has 0 saturated carbocycles. The Morgan fingerprint density at radius 2 is 0.605 bits per heavy atom. The van der Waals surface area contributed by atoms with Gasteiger partial charge in [0, 0.05) is 45.5 Å². The van der Waals surface area contributed by atoms with Gasteiger partial charge in [-0.3, -0.25) is 4.79 Å². The predicted molar refractivity (Wildman–Crippen MR) is 361 cm³/mol. The van der Waals surface area contributed by atoms with Crippen LogP contribution >= 0.6 is 0 Å². The largest absolute Gasteiger partial charge is 0.352 e. The average Bonchev–Trinajstić information content (AvgIpc) is 3.43. The Bertz CT molecular complexity index is 2540. The van der Waals surface area contributed by atoms with Crippen molar-refractivity contribution in [3.63, 3.8) is 0 Å². The van der Waals surface area contributed by atoms with E-state index < -0.39 is 16.1 Å². The van der Waals surface area contributed by atoms with E-state index in [2.05, 4.69) is 216 Å². The number of rotatable bonds is 32. The molecule has 0 radical (unpaired) electrons. The molecule has 0 bridgehead atoms. The van der Waals surface area contributed by atoms with Gasteiger partial charge in [0.2, 0.25) is 0 Å². The smallest absolute Gasteiger partial charge is 0.251 e. The predicted octanol–water partition coefficient (Wildman–Crippen LogP) is 21.1. The lowest BCUT2D eigenvalue weighted by molar-refractivity contribution is 0.0952. The standard InChI is InChI=1S/C77H111NOSi2/c1-16-19-22-25-28-29-30-31-34-41-50-78-77(79)76-60-72(46-39-37-44-70-53-68(42-35-32-26-23-20-17-2)55-74(57-70)48-51-80(62(4)5,63(6)7)64(8)9)59-73(61-76)47-40-38-45-71-54-69(43-36-33-27-24-21-18-3)56-75(58-71)49-52-81(65(10)11,66(12)13)67(14)15/h53-67H,16-36,41-43,50H2,1-15H3,(H,78,79). The molecular weight excluding hydrogens is 1010 g/mol. The molecule has 3 aromatic rings. The molecule has 0 spiro atoms. The topological polar surface area (TPSA) is 29.1 Å². The normalized spacial score (nSPS) is 11.3. The van der Waals surface area contributed by atoms with Crippen LogP contribution in [0.4, 0.5) is 0 Å². The van der Waals surface area contributed by atoms with Gasteiger partial charge in [-0.25, -0.2) is 0 Å². The highest BCUT2D eigenvalue weighted by Crippen LogP contribution is 2.42. The van der Waals surface area contributed by atoms with E-state index in [1.54, 1.807) is 0 Å². The highest BCUT2D eigenvalue weighted by Gasteiger charge is 2.42. The van der Waals surface area contributed by atoms with Crippen molar-refractivity contribution in [2.24, 2.45) is 0 Å². The molecule has 0 unspecified atom stereocenters. The summed E-state index contributed by atoms with van der Waals surface area (Å²) in [7, 11) is -3.84. The van der Waals surface area contributed by atoms with Crippen LogP contribution in [0, 0.1) is 70.3 Å². The zero-order chi connectivity index (χ0) is 59.5. The van der Waals surface area contributed by atoms with E-state index in [9.17, 15) is 4.79 Å². The molecule has 0 aliphatic carbocycles. The molecule has 1 amide bonds. The second-order valence-corrected chi connectivity index (χ2v) is 36.6. The maximum absolute atomic E-state index is 13.8. The molecular formula is C77H111NOSi2. The van der Waals surface area contributed by atoms with Gasteiger partial charge in [-0.1, -0.05) is 261 Å². The summed E-state index contributed by atoms with van der Waals surface area (Å²) < 4.78 is 0. The first-order valence-corrected chi connectivity index (χ1v) is 37.2. The zero-order valence-corrected chi connectivity index (χ0v) is 56.2. The molecule has 2 nitrogen and oxygen atoms in total. The minimum Gasteiger partial charge on any atom is -0.352 e. The third-order valence-corrected chi connectivity index (χ3v) is 29.7. The Balaban J connectivity index is 2.07. The maximum Gasteiger partial charge on any atom is 0.251 e. The van der Waals surface area contributed by atoms with Gasteiger partial charge in [0.1, 0.15) is 16.1 Å². The summed E-state index contributed by atoms with van der Waals surface area (Å²) in [5.41, 5.74) is 19.8. The van der Waals surface area contributed by atoms with Crippen molar-refractivity contribution < 1.29 is 4.79 Å². The summed E-state index contributed by atoms with van der Waals surface area (Å²) in [6.45, 7) is 35.9. The van der Waals surface area contributed by atoms with Gasteiger partial charge in [-0.2, -0.15) is 0 Å². The van der Waals surface area contributed by atoms with Crippen LogP contribution in [-0.2, 0) is 12.8 Å². The van der Waals surface area contributed by atoms with Crippen molar-refractivity contribution in [1.82, 2.24) is 5.32 Å². The molecule has 81 heavy (non-hydrogen) atoms. The Kier molecular flexibility index (Phi) is 34.2. The van der Waals surface area contributed by atoms with Crippen LogP contribution in [0.25, 0.3) is 0 Å². The highest BCUT2D eigenvalue weighted by atomic mass is 28.3. The van der Waals surface area contributed by atoms with Crippen LogP contribution < -0.4 is 5.32 Å². The lowest BCUT2D eigenvalue weighted by Crippen LogP contribution is -2.43. The zero-order valence-electron chi connectivity index (χ0n) is 54.2. The van der Waals surface area contributed by atoms with E-state index in [4.69, 9.17) is 0 Å². The molecule has 438 valence electrons. The van der Waals surface area contributed by atoms with Crippen LogP contribution in [0.2, 0.25) is 33.2 Å². The van der Waals surface area contributed by atoms with E-state index in [-0.39, 0.29) is 5.91 Å². The summed E-state index contributed by atoms with van der Waals surface area (Å²) in [5, 5.41) is 3.20. The first kappa shape index (κ1) is 70.2. The number of amides is 1. The van der Waals surface area contributed by atoms with Crippen molar-refractivity contribution in [3.8, 4) is 70.3 Å². The van der Waals surface area contributed by atoms with Crippen LogP contribution in [0.1, 0.15) is 300 Å². The summed E-state index contributed by atoms with van der Waals surface area (Å²) in [6.07, 6.45) is 29.7. The van der Waals surface area contributed by atoms with Crippen LogP contribution in [-0.4, -0.2) is 28.6 Å². The van der Waals surface area contributed by atoms with Gasteiger partial charge in [-0.15, -0.1) is 11.1 Å². The number of benzene rings is 3. The lowest BCUT2D eigenvalue weighted by atomic mass is 10.0. The maximum atomic E-state index is 13.8. The fourth-order valence-corrected chi connectivity index (χ4v) is 23.1. The molecule has 3 rings (SSSR count). The van der Waals surface area contributed by atoms with Crippen molar-refractivity contribution in [2.45, 2.75) is 291 Å². The van der Waals surface area contributed by atoms with Gasteiger partial charge in [0.05, 0.1) is 0 Å². The quantitative estimate of drug-likeness (QED) is 0.0377. The second-order valence-electron chi connectivity index (χ2n) is 25.4. The molecule has 4 heteroatoms. The molecule has 0 atom stereocenters. The Morgan fingerprint density at radius 3 is 0.901 bits per heavy atom. The van der Waals surface area contributed by atoms with Crippen molar-refractivity contribution >= 4 is 22.1 Å². The van der Waals surface area contributed by atoms with Gasteiger partial charge in [0.15, 0.2) is 0 Å². The Hall–Kier alpha value is -5.08. The number of unbranched alkanes of at least 4 members (excludes halogenated alkanes) is 19. The van der Waals surface area contributed by atoms with E-state index in [0.717, 1.165) is 60.8 Å². The summed E-state index contributed by atoms with van der Waals surface area (Å²) in [4.78, 5) is 13.8. The van der Waals surface area contributed by atoms with Gasteiger partial charge >= 0.3 is 0 Å². The summed E-state index contributed by atoms with van der Waals surface area (Å²) in [6, 6.07) is 19.1. The average molecular weight is 1120 g/mol. The Labute approximate surface area is 502 Å². The number of carbonyl (C=O) groups is 1. The lowest BCUT2D eigenvalue weighted by Gasteiger charge is -2.38. The van der Waals surface area contributed by atoms with Gasteiger partial charge in [0.25, 0.3) is 5.91 Å². The van der Waals surface area contributed by atoms with Crippen LogP contribution in [0.15, 0.2) is 54.6 Å². The fourth-order valence-electron chi connectivity index (χ4n) is 12.6.